The van der Waals surface area contributed by atoms with Crippen LogP contribution in [-0.4, -0.2) is 40.2 Å². The van der Waals surface area contributed by atoms with E-state index in [1.807, 2.05) is 16.3 Å². The van der Waals surface area contributed by atoms with Crippen LogP contribution in [0.25, 0.3) is 5.00 Å². The van der Waals surface area contributed by atoms with Gasteiger partial charge in [-0.3, -0.25) is 4.79 Å². The van der Waals surface area contributed by atoms with Crippen LogP contribution in [0.3, 0.4) is 0 Å². The highest BCUT2D eigenvalue weighted by molar-refractivity contribution is 7.13. The van der Waals surface area contributed by atoms with E-state index in [0.717, 1.165) is 41.3 Å². The van der Waals surface area contributed by atoms with E-state index in [4.69, 9.17) is 0 Å². The molecule has 0 radical (unpaired) electrons. The molecule has 5 heteroatoms. The summed E-state index contributed by atoms with van der Waals surface area (Å²) >= 11 is 1.60. The number of aryl methyl sites for hydroxylation is 2. The standard InChI is InChI=1S/C18H24N2O2S/c1-13-5-6-14(2)20(13)17-15(7-10-23-17)16(22)19-9-4-8-18(3,11-19)12-21/h5-7,10,21H,4,8-9,11-12H2,1-3H3. The fourth-order valence-corrected chi connectivity index (χ4v) is 4.42. The summed E-state index contributed by atoms with van der Waals surface area (Å²) < 4.78 is 2.15. The Morgan fingerprint density at radius 2 is 2.00 bits per heavy atom. The van der Waals surface area contributed by atoms with Crippen LogP contribution in [0.5, 0.6) is 0 Å². The summed E-state index contributed by atoms with van der Waals surface area (Å²) in [5, 5.41) is 12.6. The molecule has 2 aromatic rings. The van der Waals surface area contributed by atoms with Crippen molar-refractivity contribution in [1.82, 2.24) is 9.47 Å². The summed E-state index contributed by atoms with van der Waals surface area (Å²) in [5.41, 5.74) is 2.86. The van der Waals surface area contributed by atoms with Gasteiger partial charge in [-0.15, -0.1) is 11.3 Å². The van der Waals surface area contributed by atoms with Crippen molar-refractivity contribution in [2.45, 2.75) is 33.6 Å². The SMILES string of the molecule is Cc1ccc(C)n1-c1sccc1C(=O)N1CCCC(C)(CO)C1. The van der Waals surface area contributed by atoms with Crippen LogP contribution in [0.15, 0.2) is 23.6 Å². The second kappa shape index (κ2) is 6.13. The average Bonchev–Trinajstić information content (AvgIpc) is 3.13. The summed E-state index contributed by atoms with van der Waals surface area (Å²) in [4.78, 5) is 14.9. The third-order valence-corrected chi connectivity index (χ3v) is 5.70. The van der Waals surface area contributed by atoms with Gasteiger partial charge in [0.2, 0.25) is 0 Å². The van der Waals surface area contributed by atoms with Gasteiger partial charge in [0.1, 0.15) is 5.00 Å². The van der Waals surface area contributed by atoms with Gasteiger partial charge in [0.25, 0.3) is 5.91 Å². The lowest BCUT2D eigenvalue weighted by Crippen LogP contribution is -2.46. The maximum Gasteiger partial charge on any atom is 0.256 e. The molecule has 23 heavy (non-hydrogen) atoms. The lowest BCUT2D eigenvalue weighted by molar-refractivity contribution is 0.0358. The van der Waals surface area contributed by atoms with Crippen molar-refractivity contribution >= 4 is 17.2 Å². The summed E-state index contributed by atoms with van der Waals surface area (Å²) in [6.07, 6.45) is 1.92. The molecule has 4 nitrogen and oxygen atoms in total. The number of carbonyl (C=O) groups excluding carboxylic acids is 1. The Hall–Kier alpha value is -1.59. The Morgan fingerprint density at radius 3 is 2.65 bits per heavy atom. The number of nitrogens with zero attached hydrogens (tertiary/aromatic N) is 2. The van der Waals surface area contributed by atoms with Crippen molar-refractivity contribution in [3.05, 3.63) is 40.5 Å². The maximum absolute atomic E-state index is 13.0. The van der Waals surface area contributed by atoms with Crippen LogP contribution in [-0.2, 0) is 0 Å². The number of piperidine rings is 1. The Bertz CT molecular complexity index is 699. The molecule has 1 unspecified atom stereocenters. The first-order valence-electron chi connectivity index (χ1n) is 8.08. The minimum absolute atomic E-state index is 0.0770. The first kappa shape index (κ1) is 16.3. The number of aliphatic hydroxyl groups is 1. The van der Waals surface area contributed by atoms with Gasteiger partial charge in [-0.05, 0) is 50.3 Å². The van der Waals surface area contributed by atoms with Crippen molar-refractivity contribution in [2.75, 3.05) is 19.7 Å². The minimum atomic E-state index is -0.177. The van der Waals surface area contributed by atoms with Gasteiger partial charge < -0.3 is 14.6 Å². The van der Waals surface area contributed by atoms with Gasteiger partial charge in [-0.1, -0.05) is 6.92 Å². The van der Waals surface area contributed by atoms with E-state index in [0.29, 0.717) is 6.54 Å². The fraction of sp³-hybridized carbons (Fsp3) is 0.500. The summed E-state index contributed by atoms with van der Waals surface area (Å²) in [7, 11) is 0. The van der Waals surface area contributed by atoms with Gasteiger partial charge in [0.05, 0.1) is 12.2 Å². The van der Waals surface area contributed by atoms with Crippen LogP contribution in [0.2, 0.25) is 0 Å². The number of carbonyl (C=O) groups is 1. The molecule has 2 aromatic heterocycles. The summed E-state index contributed by atoms with van der Waals surface area (Å²) in [5.74, 6) is 0.0770. The van der Waals surface area contributed by atoms with E-state index < -0.39 is 0 Å². The third kappa shape index (κ3) is 2.95. The number of aromatic nitrogens is 1. The first-order chi connectivity index (χ1) is 10.9. The lowest BCUT2D eigenvalue weighted by Gasteiger charge is -2.39. The van der Waals surface area contributed by atoms with E-state index >= 15 is 0 Å². The van der Waals surface area contributed by atoms with Crippen LogP contribution in [0, 0.1) is 19.3 Å². The molecule has 3 rings (SSSR count). The molecule has 1 atom stereocenters. The average molecular weight is 332 g/mol. The first-order valence-corrected chi connectivity index (χ1v) is 8.96. The smallest absolute Gasteiger partial charge is 0.256 e. The van der Waals surface area contributed by atoms with E-state index in [9.17, 15) is 9.90 Å². The normalized spacial score (nSPS) is 21.7. The molecule has 124 valence electrons. The van der Waals surface area contributed by atoms with Crippen molar-refractivity contribution in [2.24, 2.45) is 5.41 Å². The number of thiophene rings is 1. The molecule has 1 aliphatic heterocycles. The highest BCUT2D eigenvalue weighted by Gasteiger charge is 2.34. The zero-order valence-electron chi connectivity index (χ0n) is 14.0. The molecule has 0 saturated carbocycles. The van der Waals surface area contributed by atoms with Crippen LogP contribution in [0.4, 0.5) is 0 Å². The van der Waals surface area contributed by atoms with Crippen molar-refractivity contribution in [3.63, 3.8) is 0 Å². The second-order valence-corrected chi connectivity index (χ2v) is 7.78. The Balaban J connectivity index is 1.92. The maximum atomic E-state index is 13.0. The molecule has 3 heterocycles. The molecule has 0 aliphatic carbocycles. The van der Waals surface area contributed by atoms with Gasteiger partial charge in [-0.2, -0.15) is 0 Å². The second-order valence-electron chi connectivity index (χ2n) is 6.89. The molecule has 0 spiro atoms. The number of amides is 1. The topological polar surface area (TPSA) is 45.5 Å². The third-order valence-electron chi connectivity index (χ3n) is 4.80. The van der Waals surface area contributed by atoms with E-state index in [1.54, 1.807) is 11.3 Å². The molecular weight excluding hydrogens is 308 g/mol. The summed E-state index contributed by atoms with van der Waals surface area (Å²) in [6.45, 7) is 7.70. The van der Waals surface area contributed by atoms with Crippen LogP contribution >= 0.6 is 11.3 Å². The lowest BCUT2D eigenvalue weighted by atomic mass is 9.82. The Kier molecular flexibility index (Phi) is 4.34. The quantitative estimate of drug-likeness (QED) is 0.936. The van der Waals surface area contributed by atoms with Gasteiger partial charge >= 0.3 is 0 Å². The molecule has 1 N–H and O–H groups in total. The molecule has 0 aromatic carbocycles. The predicted octanol–water partition coefficient (Wildman–Crippen LogP) is 3.39. The number of hydrogen-bond acceptors (Lipinski definition) is 3. The van der Waals surface area contributed by atoms with Crippen molar-refractivity contribution < 1.29 is 9.90 Å². The largest absolute Gasteiger partial charge is 0.396 e. The molecule has 1 fully saturated rings. The van der Waals surface area contributed by atoms with Crippen molar-refractivity contribution in [3.8, 4) is 5.00 Å². The highest BCUT2D eigenvalue weighted by atomic mass is 32.1. The van der Waals surface area contributed by atoms with Gasteiger partial charge in [0.15, 0.2) is 0 Å². The zero-order chi connectivity index (χ0) is 16.6. The van der Waals surface area contributed by atoms with E-state index in [2.05, 4.69) is 37.5 Å². The highest BCUT2D eigenvalue weighted by Crippen LogP contribution is 2.32. The molecule has 0 bridgehead atoms. The van der Waals surface area contributed by atoms with E-state index in [1.165, 1.54) is 0 Å². The van der Waals surface area contributed by atoms with Crippen LogP contribution < -0.4 is 0 Å². The Labute approximate surface area is 141 Å². The van der Waals surface area contributed by atoms with E-state index in [-0.39, 0.29) is 17.9 Å². The van der Waals surface area contributed by atoms with Gasteiger partial charge in [0, 0.05) is 29.9 Å². The van der Waals surface area contributed by atoms with Gasteiger partial charge in [-0.25, -0.2) is 0 Å². The predicted molar refractivity (Wildman–Crippen MR) is 93.5 cm³/mol. The summed E-state index contributed by atoms with van der Waals surface area (Å²) in [6, 6.07) is 6.08. The monoisotopic (exact) mass is 332 g/mol. The molecular formula is C18H24N2O2S. The van der Waals surface area contributed by atoms with Crippen LogP contribution in [0.1, 0.15) is 41.5 Å². The fourth-order valence-electron chi connectivity index (χ4n) is 3.41. The molecule has 1 saturated heterocycles. The molecule has 1 amide bonds. The number of likely N-dealkylation sites (tertiary alicyclic amines) is 1. The number of hydrogen-bond donors (Lipinski definition) is 1. The number of aliphatic hydroxyl groups excluding tert-OH is 1. The minimum Gasteiger partial charge on any atom is -0.396 e. The van der Waals surface area contributed by atoms with Crippen molar-refractivity contribution in [1.29, 1.82) is 0 Å². The number of rotatable bonds is 3. The zero-order valence-corrected chi connectivity index (χ0v) is 14.8. The Morgan fingerprint density at radius 1 is 1.30 bits per heavy atom. The molecule has 1 aliphatic rings.